The molecule has 0 bridgehead atoms. The van der Waals surface area contributed by atoms with Gasteiger partial charge in [0.15, 0.2) is 23.8 Å². The number of hydrogen-bond donors (Lipinski definition) is 0. The lowest BCUT2D eigenvalue weighted by atomic mass is 9.96. The average molecular weight is 341 g/mol. The van der Waals surface area contributed by atoms with Crippen LogP contribution in [0.2, 0.25) is 0 Å². The van der Waals surface area contributed by atoms with E-state index in [4.69, 9.17) is 9.47 Å². The molecule has 130 valence electrons. The third kappa shape index (κ3) is 3.20. The van der Waals surface area contributed by atoms with E-state index < -0.39 is 0 Å². The largest absolute Gasteiger partial charge is 0.493 e. The van der Waals surface area contributed by atoms with E-state index in [9.17, 15) is 10.1 Å². The lowest BCUT2D eigenvalue weighted by Gasteiger charge is -2.19. The number of ether oxygens (including phenoxy) is 2. The van der Waals surface area contributed by atoms with E-state index in [-0.39, 0.29) is 10.6 Å². The van der Waals surface area contributed by atoms with Crippen LogP contribution in [0.4, 0.5) is 5.69 Å². The van der Waals surface area contributed by atoms with Gasteiger partial charge in [0.1, 0.15) is 6.54 Å². The zero-order valence-corrected chi connectivity index (χ0v) is 14.6. The molecule has 0 fully saturated rings. The minimum absolute atomic E-state index is 0.161. The van der Waals surface area contributed by atoms with E-state index in [2.05, 4.69) is 4.58 Å². The fourth-order valence-corrected chi connectivity index (χ4v) is 3.28. The molecule has 25 heavy (non-hydrogen) atoms. The second kappa shape index (κ2) is 6.93. The summed E-state index contributed by atoms with van der Waals surface area (Å²) in [6, 6.07) is 10.9. The first-order valence-corrected chi connectivity index (χ1v) is 8.11. The molecule has 0 aromatic heterocycles. The van der Waals surface area contributed by atoms with Gasteiger partial charge in [-0.2, -0.15) is 0 Å². The normalized spacial score (nSPS) is 13.4. The second-order valence-electron chi connectivity index (χ2n) is 6.01. The van der Waals surface area contributed by atoms with Gasteiger partial charge in [-0.3, -0.25) is 10.1 Å². The number of hydrogen-bond acceptors (Lipinski definition) is 4. The lowest BCUT2D eigenvalue weighted by Crippen LogP contribution is -2.28. The van der Waals surface area contributed by atoms with E-state index >= 15 is 0 Å². The zero-order chi connectivity index (χ0) is 18.0. The van der Waals surface area contributed by atoms with Crippen LogP contribution in [0, 0.1) is 10.1 Å². The fraction of sp³-hybridized carbons (Fsp3) is 0.316. The van der Waals surface area contributed by atoms with Gasteiger partial charge in [0, 0.05) is 25.0 Å². The predicted molar refractivity (Wildman–Crippen MR) is 95.0 cm³/mol. The van der Waals surface area contributed by atoms with Crippen molar-refractivity contribution in [2.24, 2.45) is 0 Å². The Morgan fingerprint density at radius 1 is 1.16 bits per heavy atom. The predicted octanol–water partition coefficient (Wildman–Crippen LogP) is 3.19. The summed E-state index contributed by atoms with van der Waals surface area (Å²) >= 11 is 0. The highest BCUT2D eigenvalue weighted by Crippen LogP contribution is 2.32. The molecule has 1 aliphatic rings. The highest BCUT2D eigenvalue weighted by atomic mass is 16.6. The van der Waals surface area contributed by atoms with Crippen molar-refractivity contribution in [1.82, 2.24) is 0 Å². The topological polar surface area (TPSA) is 64.6 Å². The number of nitro benzene ring substituents is 1. The number of fused-ring (bicyclic) bond motifs is 1. The molecule has 3 rings (SSSR count). The van der Waals surface area contributed by atoms with Crippen LogP contribution in [0.3, 0.4) is 0 Å². The van der Waals surface area contributed by atoms with Gasteiger partial charge in [0.05, 0.1) is 24.7 Å². The molecule has 0 spiro atoms. The summed E-state index contributed by atoms with van der Waals surface area (Å²) in [5.41, 5.74) is 4.26. The molecule has 6 nitrogen and oxygen atoms in total. The maximum absolute atomic E-state index is 11.2. The van der Waals surface area contributed by atoms with Crippen LogP contribution in [0.25, 0.3) is 0 Å². The third-order valence-corrected chi connectivity index (χ3v) is 4.67. The first-order chi connectivity index (χ1) is 12.0. The van der Waals surface area contributed by atoms with Gasteiger partial charge in [-0.25, -0.2) is 4.58 Å². The first kappa shape index (κ1) is 17.0. The highest BCUT2D eigenvalue weighted by Gasteiger charge is 2.26. The molecule has 0 unspecified atom stereocenters. The molecule has 0 atom stereocenters. The number of methoxy groups -OCH3 is 2. The molecule has 6 heteroatoms. The summed E-state index contributed by atoms with van der Waals surface area (Å²) < 4.78 is 13.0. The van der Waals surface area contributed by atoms with Crippen LogP contribution in [0.1, 0.15) is 23.6 Å². The van der Waals surface area contributed by atoms with Crippen molar-refractivity contribution in [2.75, 3.05) is 20.8 Å². The van der Waals surface area contributed by atoms with Crippen LogP contribution in [0.5, 0.6) is 11.5 Å². The van der Waals surface area contributed by atoms with Crippen molar-refractivity contribution >= 4 is 11.4 Å². The van der Waals surface area contributed by atoms with Gasteiger partial charge in [0.2, 0.25) is 0 Å². The quantitative estimate of drug-likeness (QED) is 0.476. The van der Waals surface area contributed by atoms with Gasteiger partial charge < -0.3 is 9.47 Å². The monoisotopic (exact) mass is 341 g/mol. The standard InChI is InChI=1S/C19H21N2O4/c1-13-16-11-19(25-3)18(24-2)10-14(16)8-9-20(13)12-15-6-4-5-7-17(15)21(22)23/h4-7,10-11H,8-9,12H2,1-3H3/q+1. The van der Waals surface area contributed by atoms with E-state index in [1.807, 2.05) is 31.2 Å². The molecule has 2 aromatic carbocycles. The Hall–Kier alpha value is -2.89. The number of nitro groups is 1. The molecule has 0 radical (unpaired) electrons. The Labute approximate surface area is 146 Å². The molecule has 0 N–H and O–H groups in total. The van der Waals surface area contributed by atoms with Gasteiger partial charge in [-0.05, 0) is 23.8 Å². The van der Waals surface area contributed by atoms with Crippen molar-refractivity contribution in [1.29, 1.82) is 0 Å². The third-order valence-electron chi connectivity index (χ3n) is 4.67. The number of para-hydroxylation sites is 1. The van der Waals surface area contributed by atoms with Gasteiger partial charge in [-0.15, -0.1) is 0 Å². The molecular formula is C19H21N2O4+. The molecule has 1 aliphatic heterocycles. The summed E-state index contributed by atoms with van der Waals surface area (Å²) in [5.74, 6) is 1.41. The van der Waals surface area contributed by atoms with E-state index in [1.54, 1.807) is 26.4 Å². The maximum atomic E-state index is 11.2. The zero-order valence-electron chi connectivity index (χ0n) is 14.6. The number of nitrogens with zero attached hydrogens (tertiary/aromatic N) is 2. The van der Waals surface area contributed by atoms with Gasteiger partial charge >= 0.3 is 0 Å². The van der Waals surface area contributed by atoms with Crippen molar-refractivity contribution < 1.29 is 19.0 Å². The Bertz CT molecular complexity index is 858. The first-order valence-electron chi connectivity index (χ1n) is 8.11. The van der Waals surface area contributed by atoms with Crippen LogP contribution in [-0.2, 0) is 13.0 Å². The van der Waals surface area contributed by atoms with Crippen LogP contribution in [-0.4, -0.2) is 36.0 Å². The second-order valence-corrected chi connectivity index (χ2v) is 6.01. The molecule has 1 heterocycles. The summed E-state index contributed by atoms with van der Waals surface area (Å²) in [6.45, 7) is 3.36. The van der Waals surface area contributed by atoms with Crippen molar-refractivity contribution in [3.05, 3.63) is 63.2 Å². The molecular weight excluding hydrogens is 320 g/mol. The average Bonchev–Trinajstić information content (AvgIpc) is 2.63. The number of rotatable bonds is 5. The maximum Gasteiger partial charge on any atom is 0.278 e. The fourth-order valence-electron chi connectivity index (χ4n) is 3.28. The van der Waals surface area contributed by atoms with Crippen molar-refractivity contribution in [2.45, 2.75) is 19.9 Å². The Balaban J connectivity index is 2.01. The summed E-state index contributed by atoms with van der Waals surface area (Å²) in [6.07, 6.45) is 0.855. The van der Waals surface area contributed by atoms with E-state index in [1.165, 1.54) is 5.56 Å². The molecule has 0 aliphatic carbocycles. The van der Waals surface area contributed by atoms with E-state index in [0.717, 1.165) is 35.6 Å². The minimum Gasteiger partial charge on any atom is -0.493 e. The van der Waals surface area contributed by atoms with E-state index in [0.29, 0.717) is 12.3 Å². The van der Waals surface area contributed by atoms with Gasteiger partial charge in [0.25, 0.3) is 5.69 Å². The lowest BCUT2D eigenvalue weighted by molar-refractivity contribution is -0.546. The van der Waals surface area contributed by atoms with Crippen molar-refractivity contribution in [3.8, 4) is 11.5 Å². The number of benzene rings is 2. The van der Waals surface area contributed by atoms with Crippen LogP contribution >= 0.6 is 0 Å². The SMILES string of the molecule is COc1cc2c(cc1OC)C(C)=[N+](Cc1ccccc1[N+](=O)[O-])CC2. The molecule has 2 aromatic rings. The molecule has 0 saturated heterocycles. The molecule has 0 saturated carbocycles. The smallest absolute Gasteiger partial charge is 0.278 e. The van der Waals surface area contributed by atoms with Crippen LogP contribution in [0.15, 0.2) is 36.4 Å². The summed E-state index contributed by atoms with van der Waals surface area (Å²) in [4.78, 5) is 10.9. The minimum atomic E-state index is -0.323. The Morgan fingerprint density at radius 3 is 2.52 bits per heavy atom. The Morgan fingerprint density at radius 2 is 1.84 bits per heavy atom. The summed E-state index contributed by atoms with van der Waals surface area (Å²) in [5, 5.41) is 11.2. The van der Waals surface area contributed by atoms with Crippen LogP contribution < -0.4 is 9.47 Å². The van der Waals surface area contributed by atoms with Gasteiger partial charge in [-0.1, -0.05) is 12.1 Å². The van der Waals surface area contributed by atoms with Crippen molar-refractivity contribution in [3.63, 3.8) is 0 Å². The molecule has 0 amide bonds. The highest BCUT2D eigenvalue weighted by molar-refractivity contribution is 5.97. The Kier molecular flexibility index (Phi) is 4.70. The summed E-state index contributed by atoms with van der Waals surface area (Å²) in [7, 11) is 3.25.